The van der Waals surface area contributed by atoms with Crippen LogP contribution in [0.5, 0.6) is 5.75 Å². The summed E-state index contributed by atoms with van der Waals surface area (Å²) in [6.45, 7) is 6.34. The molecule has 0 unspecified atom stereocenters. The zero-order valence-corrected chi connectivity index (χ0v) is 21.6. The lowest BCUT2D eigenvalue weighted by Crippen LogP contribution is -2.15. The molecule has 4 rings (SSSR count). The zero-order chi connectivity index (χ0) is 24.1. The van der Waals surface area contributed by atoms with Crippen molar-refractivity contribution in [3.63, 3.8) is 0 Å². The lowest BCUT2D eigenvalue weighted by Gasteiger charge is -2.12. The lowest BCUT2D eigenvalue weighted by atomic mass is 10.2. The molecule has 174 valence electrons. The molecule has 6 nitrogen and oxygen atoms in total. The van der Waals surface area contributed by atoms with Crippen LogP contribution in [0.2, 0.25) is 0 Å². The summed E-state index contributed by atoms with van der Waals surface area (Å²) in [6, 6.07) is 21.8. The zero-order valence-electron chi connectivity index (χ0n) is 19.2. The van der Waals surface area contributed by atoms with Crippen molar-refractivity contribution >= 4 is 39.3 Å². The Labute approximate surface area is 211 Å². The minimum atomic E-state index is -0.120. The minimum Gasteiger partial charge on any atom is -0.486 e. The summed E-state index contributed by atoms with van der Waals surface area (Å²) in [5, 5.41) is 12.3. The maximum atomic E-state index is 12.6. The molecule has 0 aliphatic rings. The highest BCUT2D eigenvalue weighted by Gasteiger charge is 2.17. The van der Waals surface area contributed by atoms with Crippen LogP contribution in [-0.2, 0) is 11.4 Å². The van der Waals surface area contributed by atoms with E-state index in [1.54, 1.807) is 0 Å². The van der Waals surface area contributed by atoms with Gasteiger partial charge >= 0.3 is 0 Å². The molecule has 0 saturated heterocycles. The van der Waals surface area contributed by atoms with E-state index in [1.165, 1.54) is 17.3 Å². The van der Waals surface area contributed by atoms with Gasteiger partial charge in [0.2, 0.25) is 5.91 Å². The molecular weight excluding hydrogens is 512 g/mol. The number of carbonyl (C=O) groups excluding carboxylic acids is 1. The first-order chi connectivity index (χ1) is 16.4. The summed E-state index contributed by atoms with van der Waals surface area (Å²) in [6.07, 6.45) is 0. The molecule has 34 heavy (non-hydrogen) atoms. The molecule has 0 saturated carbocycles. The third-order valence-corrected chi connectivity index (χ3v) is 6.70. The van der Waals surface area contributed by atoms with Crippen LogP contribution in [0.15, 0.2) is 76.4 Å². The van der Waals surface area contributed by atoms with Gasteiger partial charge in [-0.25, -0.2) is 0 Å². The first-order valence-electron chi connectivity index (χ1n) is 10.8. The molecule has 0 bridgehead atoms. The van der Waals surface area contributed by atoms with Crippen LogP contribution in [0, 0.1) is 20.8 Å². The second-order valence-corrected chi connectivity index (χ2v) is 9.79. The number of aromatic nitrogens is 3. The van der Waals surface area contributed by atoms with Gasteiger partial charge in [-0.2, -0.15) is 0 Å². The van der Waals surface area contributed by atoms with E-state index in [1.807, 2.05) is 92.1 Å². The smallest absolute Gasteiger partial charge is 0.234 e. The fraction of sp³-hybridized carbons (Fsp3) is 0.192. The van der Waals surface area contributed by atoms with E-state index in [2.05, 4.69) is 31.4 Å². The number of halogens is 1. The topological polar surface area (TPSA) is 69.0 Å². The van der Waals surface area contributed by atoms with E-state index in [-0.39, 0.29) is 18.3 Å². The Morgan fingerprint density at radius 2 is 1.59 bits per heavy atom. The van der Waals surface area contributed by atoms with Crippen LogP contribution in [0.1, 0.15) is 22.5 Å². The Hall–Kier alpha value is -3.10. The van der Waals surface area contributed by atoms with Gasteiger partial charge in [0.25, 0.3) is 0 Å². The van der Waals surface area contributed by atoms with Crippen molar-refractivity contribution in [2.45, 2.75) is 32.5 Å². The van der Waals surface area contributed by atoms with Gasteiger partial charge in [-0.15, -0.1) is 10.2 Å². The Bertz CT molecular complexity index is 1290. The van der Waals surface area contributed by atoms with Gasteiger partial charge in [0, 0.05) is 10.2 Å². The standard InChI is InChI=1S/C26H25BrN4O2S/c1-17-4-9-20(10-5-17)31-24(15-33-21-11-6-18(2)7-12-21)29-30-26(31)34-16-25(32)28-23-13-8-19(3)14-22(23)27/h4-14H,15-16H2,1-3H3,(H,28,32). The number of anilines is 1. The molecule has 0 aliphatic carbocycles. The van der Waals surface area contributed by atoms with Gasteiger partial charge in [-0.3, -0.25) is 9.36 Å². The van der Waals surface area contributed by atoms with Crippen molar-refractivity contribution in [2.24, 2.45) is 0 Å². The van der Waals surface area contributed by atoms with E-state index in [9.17, 15) is 4.79 Å². The minimum absolute atomic E-state index is 0.120. The molecular formula is C26H25BrN4O2S. The van der Waals surface area contributed by atoms with Crippen molar-refractivity contribution in [3.05, 3.63) is 93.7 Å². The third-order valence-electron chi connectivity index (χ3n) is 5.11. The predicted octanol–water partition coefficient (Wildman–Crippen LogP) is 6.26. The first-order valence-corrected chi connectivity index (χ1v) is 12.6. The van der Waals surface area contributed by atoms with Crippen LogP contribution in [0.3, 0.4) is 0 Å². The largest absolute Gasteiger partial charge is 0.486 e. The third kappa shape index (κ3) is 6.07. The highest BCUT2D eigenvalue weighted by Crippen LogP contribution is 2.26. The molecule has 0 fully saturated rings. The number of aryl methyl sites for hydroxylation is 3. The summed E-state index contributed by atoms with van der Waals surface area (Å²) in [4.78, 5) is 12.6. The van der Waals surface area contributed by atoms with Crippen molar-refractivity contribution < 1.29 is 9.53 Å². The summed E-state index contributed by atoms with van der Waals surface area (Å²) >= 11 is 4.83. The van der Waals surface area contributed by atoms with Crippen LogP contribution in [0.25, 0.3) is 5.69 Å². The summed E-state index contributed by atoms with van der Waals surface area (Å²) < 4.78 is 8.75. The number of rotatable bonds is 8. The van der Waals surface area contributed by atoms with E-state index >= 15 is 0 Å². The number of amides is 1. The van der Waals surface area contributed by atoms with Crippen LogP contribution < -0.4 is 10.1 Å². The monoisotopic (exact) mass is 536 g/mol. The maximum absolute atomic E-state index is 12.6. The van der Waals surface area contributed by atoms with Crippen LogP contribution >= 0.6 is 27.7 Å². The Morgan fingerprint density at radius 3 is 2.26 bits per heavy atom. The molecule has 1 heterocycles. The molecule has 0 aliphatic heterocycles. The fourth-order valence-electron chi connectivity index (χ4n) is 3.26. The molecule has 0 spiro atoms. The normalized spacial score (nSPS) is 10.8. The summed E-state index contributed by atoms with van der Waals surface area (Å²) in [5.41, 5.74) is 5.10. The average molecular weight is 537 g/mol. The molecule has 1 amide bonds. The highest BCUT2D eigenvalue weighted by molar-refractivity contribution is 9.10. The van der Waals surface area contributed by atoms with E-state index in [0.29, 0.717) is 11.0 Å². The SMILES string of the molecule is Cc1ccc(OCc2nnc(SCC(=O)Nc3ccc(C)cc3Br)n2-c2ccc(C)cc2)cc1. The molecule has 0 atom stereocenters. The number of hydrogen-bond donors (Lipinski definition) is 1. The van der Waals surface area contributed by atoms with E-state index < -0.39 is 0 Å². The second-order valence-electron chi connectivity index (χ2n) is 7.99. The second kappa shape index (κ2) is 10.9. The average Bonchev–Trinajstić information content (AvgIpc) is 3.22. The molecule has 4 aromatic rings. The summed E-state index contributed by atoms with van der Waals surface area (Å²) in [5.74, 6) is 1.50. The first kappa shape index (κ1) is 24.0. The van der Waals surface area contributed by atoms with Crippen molar-refractivity contribution in [3.8, 4) is 11.4 Å². The van der Waals surface area contributed by atoms with Gasteiger partial charge in [-0.05, 0) is 78.7 Å². The predicted molar refractivity (Wildman–Crippen MR) is 140 cm³/mol. The number of hydrogen-bond acceptors (Lipinski definition) is 5. The Kier molecular flexibility index (Phi) is 7.70. The van der Waals surface area contributed by atoms with Crippen molar-refractivity contribution in [2.75, 3.05) is 11.1 Å². The van der Waals surface area contributed by atoms with Crippen molar-refractivity contribution in [1.82, 2.24) is 14.8 Å². The molecule has 1 N–H and O–H groups in total. The number of carbonyl (C=O) groups is 1. The van der Waals surface area contributed by atoms with Crippen LogP contribution in [-0.4, -0.2) is 26.4 Å². The van der Waals surface area contributed by atoms with Crippen molar-refractivity contribution in [1.29, 1.82) is 0 Å². The fourth-order valence-corrected chi connectivity index (χ4v) is 4.62. The van der Waals surface area contributed by atoms with Gasteiger partial charge in [0.05, 0.1) is 11.4 Å². The number of nitrogens with zero attached hydrogens (tertiary/aromatic N) is 3. The molecule has 8 heteroatoms. The number of benzene rings is 3. The van der Waals surface area contributed by atoms with E-state index in [0.717, 1.165) is 32.7 Å². The quantitative estimate of drug-likeness (QED) is 0.269. The van der Waals surface area contributed by atoms with Gasteiger partial charge < -0.3 is 10.1 Å². The Morgan fingerprint density at radius 1 is 0.941 bits per heavy atom. The van der Waals surface area contributed by atoms with Gasteiger partial charge in [0.1, 0.15) is 12.4 Å². The molecule has 3 aromatic carbocycles. The summed E-state index contributed by atoms with van der Waals surface area (Å²) in [7, 11) is 0. The number of nitrogens with one attached hydrogen (secondary N) is 1. The number of ether oxygens (including phenoxy) is 1. The maximum Gasteiger partial charge on any atom is 0.234 e. The number of thioether (sulfide) groups is 1. The van der Waals surface area contributed by atoms with Crippen LogP contribution in [0.4, 0.5) is 5.69 Å². The van der Waals surface area contributed by atoms with E-state index in [4.69, 9.17) is 4.74 Å². The molecule has 1 aromatic heterocycles. The van der Waals surface area contributed by atoms with Gasteiger partial charge in [-0.1, -0.05) is 53.2 Å². The lowest BCUT2D eigenvalue weighted by molar-refractivity contribution is -0.113. The Balaban J connectivity index is 1.51. The highest BCUT2D eigenvalue weighted by atomic mass is 79.9. The van der Waals surface area contributed by atoms with Gasteiger partial charge in [0.15, 0.2) is 11.0 Å². The molecule has 0 radical (unpaired) electrons.